The molecule has 0 amide bonds. The highest BCUT2D eigenvalue weighted by Crippen LogP contribution is 2.24. The lowest BCUT2D eigenvalue weighted by atomic mass is 10.1. The Morgan fingerprint density at radius 2 is 1.94 bits per heavy atom. The Hall–Kier alpha value is -1.27. The van der Waals surface area contributed by atoms with Crippen LogP contribution in [0.4, 0.5) is 8.78 Å². The van der Waals surface area contributed by atoms with E-state index < -0.39 is 23.0 Å². The van der Waals surface area contributed by atoms with Crippen molar-refractivity contribution in [1.29, 1.82) is 0 Å². The molecule has 0 aliphatic rings. The summed E-state index contributed by atoms with van der Waals surface area (Å²) in [6, 6.07) is 2.03. The summed E-state index contributed by atoms with van der Waals surface area (Å²) in [5.41, 5.74) is -0.708. The lowest BCUT2D eigenvalue weighted by Gasteiger charge is -2.06. The molecule has 0 atom stereocenters. The first kappa shape index (κ1) is 13.2. The van der Waals surface area contributed by atoms with Gasteiger partial charge >= 0.3 is 0 Å². The zero-order valence-electron chi connectivity index (χ0n) is 9.05. The lowest BCUT2D eigenvalue weighted by Crippen LogP contribution is -2.12. The van der Waals surface area contributed by atoms with Gasteiger partial charge in [-0.2, -0.15) is 5.10 Å². The highest BCUT2D eigenvalue weighted by Gasteiger charge is 2.24. The fourth-order valence-corrected chi connectivity index (χ4v) is 2.20. The largest absolute Gasteiger partial charge is 0.287 e. The van der Waals surface area contributed by atoms with Crippen LogP contribution in [0.5, 0.6) is 0 Å². The van der Waals surface area contributed by atoms with Crippen molar-refractivity contribution < 1.29 is 13.6 Å². The number of carbonyl (C=O) groups excluding carboxylic acids is 1. The zero-order valence-corrected chi connectivity index (χ0v) is 11.4. The summed E-state index contributed by atoms with van der Waals surface area (Å²) in [6.45, 7) is 0. The van der Waals surface area contributed by atoms with Crippen LogP contribution in [0, 0.1) is 11.6 Å². The Kier molecular flexibility index (Phi) is 3.49. The predicted octanol–water partition coefficient (Wildman–Crippen LogP) is 3.35. The maximum Gasteiger partial charge on any atom is 0.218 e. The normalized spacial score (nSPS) is 10.7. The van der Waals surface area contributed by atoms with E-state index in [0.29, 0.717) is 0 Å². The third-order valence-electron chi connectivity index (χ3n) is 2.34. The number of hydrogen-bond donors (Lipinski definition) is 0. The second-order valence-corrected chi connectivity index (χ2v) is 4.86. The molecule has 0 N–H and O–H groups in total. The summed E-state index contributed by atoms with van der Waals surface area (Å²) < 4.78 is 28.7. The standard InChI is InChI=1S/C11H6BrClF2N2O/c1-17-10(6(13)4-16-17)11(18)9-7(14)2-5(12)3-8(9)15/h2-4H,1H3. The molecule has 1 aromatic heterocycles. The van der Waals surface area contributed by atoms with E-state index in [4.69, 9.17) is 11.6 Å². The van der Waals surface area contributed by atoms with Gasteiger partial charge in [0.1, 0.15) is 17.3 Å². The molecule has 1 aromatic carbocycles. The first-order valence-corrected chi connectivity index (χ1v) is 5.95. The number of halogens is 4. The highest BCUT2D eigenvalue weighted by atomic mass is 79.9. The van der Waals surface area contributed by atoms with E-state index in [0.717, 1.165) is 12.1 Å². The van der Waals surface area contributed by atoms with Crippen LogP contribution >= 0.6 is 27.5 Å². The van der Waals surface area contributed by atoms with Gasteiger partial charge in [-0.05, 0) is 12.1 Å². The molecule has 0 unspecified atom stereocenters. The monoisotopic (exact) mass is 334 g/mol. The van der Waals surface area contributed by atoms with E-state index in [1.54, 1.807) is 0 Å². The molecule has 0 saturated carbocycles. The van der Waals surface area contributed by atoms with Gasteiger partial charge in [-0.3, -0.25) is 9.48 Å². The van der Waals surface area contributed by atoms with E-state index >= 15 is 0 Å². The molecule has 18 heavy (non-hydrogen) atoms. The third kappa shape index (κ3) is 2.18. The zero-order chi connectivity index (χ0) is 13.4. The van der Waals surface area contributed by atoms with Crippen molar-refractivity contribution in [3.8, 4) is 0 Å². The van der Waals surface area contributed by atoms with Gasteiger partial charge < -0.3 is 0 Å². The van der Waals surface area contributed by atoms with E-state index in [9.17, 15) is 13.6 Å². The van der Waals surface area contributed by atoms with Crippen molar-refractivity contribution >= 4 is 33.3 Å². The Labute approximate surface area is 114 Å². The third-order valence-corrected chi connectivity index (χ3v) is 3.08. The second kappa shape index (κ2) is 4.78. The molecule has 0 fully saturated rings. The molecule has 0 aliphatic heterocycles. The SMILES string of the molecule is Cn1ncc(Cl)c1C(=O)c1c(F)cc(Br)cc1F. The van der Waals surface area contributed by atoms with Crippen molar-refractivity contribution in [3.63, 3.8) is 0 Å². The number of ketones is 1. The number of aryl methyl sites for hydroxylation is 1. The molecule has 7 heteroatoms. The van der Waals surface area contributed by atoms with Gasteiger partial charge in [0, 0.05) is 11.5 Å². The molecule has 0 aliphatic carbocycles. The van der Waals surface area contributed by atoms with E-state index in [1.165, 1.54) is 17.9 Å². The van der Waals surface area contributed by atoms with Gasteiger partial charge in [-0.25, -0.2) is 8.78 Å². The van der Waals surface area contributed by atoms with Crippen LogP contribution in [-0.2, 0) is 7.05 Å². The van der Waals surface area contributed by atoms with Crippen LogP contribution in [-0.4, -0.2) is 15.6 Å². The first-order chi connectivity index (χ1) is 8.41. The molecule has 3 nitrogen and oxygen atoms in total. The number of aromatic nitrogens is 2. The van der Waals surface area contributed by atoms with E-state index in [-0.39, 0.29) is 15.2 Å². The van der Waals surface area contributed by atoms with Gasteiger partial charge in [-0.15, -0.1) is 0 Å². The predicted molar refractivity (Wildman–Crippen MR) is 65.7 cm³/mol. The lowest BCUT2D eigenvalue weighted by molar-refractivity contribution is 0.102. The summed E-state index contributed by atoms with van der Waals surface area (Å²) in [6.07, 6.45) is 1.24. The van der Waals surface area contributed by atoms with Crippen molar-refractivity contribution in [1.82, 2.24) is 9.78 Å². The highest BCUT2D eigenvalue weighted by molar-refractivity contribution is 9.10. The summed E-state index contributed by atoms with van der Waals surface area (Å²) in [7, 11) is 1.47. The number of hydrogen-bond acceptors (Lipinski definition) is 2. The fourth-order valence-electron chi connectivity index (χ4n) is 1.54. The molecule has 0 bridgehead atoms. The number of nitrogens with zero attached hydrogens (tertiary/aromatic N) is 2. The minimum absolute atomic E-state index is 0.0456. The summed E-state index contributed by atoms with van der Waals surface area (Å²) in [4.78, 5) is 12.1. The molecular formula is C11H6BrClF2N2O. The summed E-state index contributed by atoms with van der Waals surface area (Å²) in [5, 5.41) is 3.79. The van der Waals surface area contributed by atoms with Crippen LogP contribution in [0.2, 0.25) is 5.02 Å². The molecule has 2 aromatic rings. The van der Waals surface area contributed by atoms with Crippen LogP contribution in [0.15, 0.2) is 22.8 Å². The van der Waals surface area contributed by atoms with Crippen LogP contribution < -0.4 is 0 Å². The molecule has 1 heterocycles. The summed E-state index contributed by atoms with van der Waals surface area (Å²) in [5.74, 6) is -2.75. The second-order valence-electron chi connectivity index (χ2n) is 3.54. The van der Waals surface area contributed by atoms with Crippen LogP contribution in [0.25, 0.3) is 0 Å². The Morgan fingerprint density at radius 3 is 2.39 bits per heavy atom. The van der Waals surface area contributed by atoms with Crippen molar-refractivity contribution in [2.45, 2.75) is 0 Å². The first-order valence-electron chi connectivity index (χ1n) is 4.78. The minimum atomic E-state index is -0.954. The number of rotatable bonds is 2. The minimum Gasteiger partial charge on any atom is -0.287 e. The summed E-state index contributed by atoms with van der Waals surface area (Å²) >= 11 is 8.71. The van der Waals surface area contributed by atoms with Gasteiger partial charge in [0.2, 0.25) is 5.78 Å². The number of benzene rings is 1. The molecule has 94 valence electrons. The molecule has 0 saturated heterocycles. The molecule has 2 rings (SSSR count). The van der Waals surface area contributed by atoms with Crippen LogP contribution in [0.3, 0.4) is 0 Å². The number of carbonyl (C=O) groups is 1. The van der Waals surface area contributed by atoms with E-state index in [1.807, 2.05) is 0 Å². The maximum absolute atomic E-state index is 13.7. The van der Waals surface area contributed by atoms with Gasteiger partial charge in [0.15, 0.2) is 0 Å². The Morgan fingerprint density at radius 1 is 1.39 bits per heavy atom. The van der Waals surface area contributed by atoms with Gasteiger partial charge in [0.25, 0.3) is 0 Å². The average Bonchev–Trinajstić information content (AvgIpc) is 2.56. The Balaban J connectivity index is 2.60. The fraction of sp³-hybridized carbons (Fsp3) is 0.0909. The van der Waals surface area contributed by atoms with Crippen molar-refractivity contribution in [3.05, 3.63) is 50.7 Å². The molecule has 0 radical (unpaired) electrons. The van der Waals surface area contributed by atoms with Crippen molar-refractivity contribution in [2.24, 2.45) is 7.05 Å². The van der Waals surface area contributed by atoms with Crippen molar-refractivity contribution in [2.75, 3.05) is 0 Å². The van der Waals surface area contributed by atoms with E-state index in [2.05, 4.69) is 21.0 Å². The quantitative estimate of drug-likeness (QED) is 0.789. The Bertz CT molecular complexity index is 599. The maximum atomic E-state index is 13.7. The smallest absolute Gasteiger partial charge is 0.218 e. The van der Waals surface area contributed by atoms with Crippen LogP contribution in [0.1, 0.15) is 16.1 Å². The van der Waals surface area contributed by atoms with Gasteiger partial charge in [0.05, 0.1) is 16.8 Å². The molecule has 0 spiro atoms. The average molecular weight is 336 g/mol. The molecular weight excluding hydrogens is 329 g/mol. The topological polar surface area (TPSA) is 34.9 Å². The van der Waals surface area contributed by atoms with Gasteiger partial charge in [-0.1, -0.05) is 27.5 Å².